The fourth-order valence-electron chi connectivity index (χ4n) is 2.31. The van der Waals surface area contributed by atoms with E-state index in [-0.39, 0.29) is 12.1 Å². The van der Waals surface area contributed by atoms with E-state index in [0.717, 1.165) is 44.5 Å². The molecule has 0 fully saturated rings. The van der Waals surface area contributed by atoms with E-state index in [1.165, 1.54) is 4.68 Å². The van der Waals surface area contributed by atoms with E-state index in [0.29, 0.717) is 13.0 Å². The second kappa shape index (κ2) is 5.84. The van der Waals surface area contributed by atoms with E-state index in [2.05, 4.69) is 5.10 Å². The van der Waals surface area contributed by atoms with Gasteiger partial charge in [0.2, 0.25) is 0 Å². The third-order valence-electron chi connectivity index (χ3n) is 3.29. The van der Waals surface area contributed by atoms with Gasteiger partial charge in [-0.15, -0.1) is 0 Å². The SMILES string of the molecule is O=C(O)CCCCCn1nc2n(c1=O)CCCC2. The van der Waals surface area contributed by atoms with E-state index in [4.69, 9.17) is 5.11 Å². The third-order valence-corrected chi connectivity index (χ3v) is 3.29. The fraction of sp³-hybridized carbons (Fsp3) is 0.750. The molecule has 0 saturated heterocycles. The maximum atomic E-state index is 12.0. The molecule has 0 saturated carbocycles. The number of aliphatic carboxylic acids is 1. The lowest BCUT2D eigenvalue weighted by Gasteiger charge is -2.09. The first-order valence-electron chi connectivity index (χ1n) is 6.57. The van der Waals surface area contributed by atoms with Crippen molar-refractivity contribution in [1.29, 1.82) is 0 Å². The zero-order valence-electron chi connectivity index (χ0n) is 10.5. The normalized spacial score (nSPS) is 14.4. The molecule has 0 amide bonds. The van der Waals surface area contributed by atoms with Crippen molar-refractivity contribution in [3.8, 4) is 0 Å². The molecule has 1 aromatic rings. The van der Waals surface area contributed by atoms with Crippen molar-refractivity contribution in [1.82, 2.24) is 14.3 Å². The first-order chi connectivity index (χ1) is 8.68. The van der Waals surface area contributed by atoms with Crippen LogP contribution in [0.25, 0.3) is 0 Å². The molecule has 0 radical (unpaired) electrons. The molecule has 1 aliphatic heterocycles. The Morgan fingerprint density at radius 3 is 2.83 bits per heavy atom. The lowest BCUT2D eigenvalue weighted by atomic mass is 10.2. The largest absolute Gasteiger partial charge is 0.481 e. The summed E-state index contributed by atoms with van der Waals surface area (Å²) in [5.41, 5.74) is -0.0112. The minimum Gasteiger partial charge on any atom is -0.481 e. The van der Waals surface area contributed by atoms with Crippen molar-refractivity contribution in [2.24, 2.45) is 0 Å². The highest BCUT2D eigenvalue weighted by Crippen LogP contribution is 2.09. The summed E-state index contributed by atoms with van der Waals surface area (Å²) in [6, 6.07) is 0. The summed E-state index contributed by atoms with van der Waals surface area (Å²) in [5, 5.41) is 12.8. The molecule has 100 valence electrons. The fourth-order valence-corrected chi connectivity index (χ4v) is 2.31. The molecule has 6 heteroatoms. The van der Waals surface area contributed by atoms with Gasteiger partial charge in [-0.25, -0.2) is 9.48 Å². The number of fused-ring (bicyclic) bond motifs is 1. The Hall–Kier alpha value is -1.59. The van der Waals surface area contributed by atoms with Crippen LogP contribution in [-0.4, -0.2) is 25.4 Å². The summed E-state index contributed by atoms with van der Waals surface area (Å²) < 4.78 is 3.29. The topological polar surface area (TPSA) is 77.1 Å². The minimum atomic E-state index is -0.760. The molecule has 0 aliphatic carbocycles. The van der Waals surface area contributed by atoms with E-state index < -0.39 is 5.97 Å². The second-order valence-electron chi connectivity index (χ2n) is 4.74. The van der Waals surface area contributed by atoms with Crippen molar-refractivity contribution >= 4 is 5.97 Å². The number of carbonyl (C=O) groups is 1. The quantitative estimate of drug-likeness (QED) is 0.768. The van der Waals surface area contributed by atoms with Crippen LogP contribution in [0.3, 0.4) is 0 Å². The molecule has 0 bridgehead atoms. The Bertz CT molecular complexity index is 475. The van der Waals surface area contributed by atoms with Gasteiger partial charge in [0, 0.05) is 25.9 Å². The van der Waals surface area contributed by atoms with Crippen LogP contribution >= 0.6 is 0 Å². The summed E-state index contributed by atoms with van der Waals surface area (Å²) in [6.07, 6.45) is 5.55. The molecule has 2 rings (SSSR count). The molecule has 18 heavy (non-hydrogen) atoms. The van der Waals surface area contributed by atoms with Crippen molar-refractivity contribution in [3.63, 3.8) is 0 Å². The Kier molecular flexibility index (Phi) is 4.17. The van der Waals surface area contributed by atoms with E-state index in [9.17, 15) is 9.59 Å². The molecule has 0 unspecified atom stereocenters. The highest BCUT2D eigenvalue weighted by Gasteiger charge is 2.15. The number of aromatic nitrogens is 3. The van der Waals surface area contributed by atoms with E-state index >= 15 is 0 Å². The van der Waals surface area contributed by atoms with Crippen molar-refractivity contribution < 1.29 is 9.90 Å². The average Bonchev–Trinajstić information content (AvgIpc) is 2.66. The third kappa shape index (κ3) is 3.00. The molecule has 6 nitrogen and oxygen atoms in total. The summed E-state index contributed by atoms with van der Waals surface area (Å²) in [5.74, 6) is 0.140. The van der Waals surface area contributed by atoms with Gasteiger partial charge in [-0.3, -0.25) is 9.36 Å². The van der Waals surface area contributed by atoms with Gasteiger partial charge in [-0.1, -0.05) is 6.42 Å². The predicted octanol–water partition coefficient (Wildman–Crippen LogP) is 1.03. The molecule has 0 spiro atoms. The average molecular weight is 253 g/mol. The van der Waals surface area contributed by atoms with Crippen molar-refractivity contribution in [2.45, 2.75) is 58.0 Å². The van der Waals surface area contributed by atoms with Gasteiger partial charge in [-0.2, -0.15) is 5.10 Å². The molecule has 0 atom stereocenters. The second-order valence-corrected chi connectivity index (χ2v) is 4.74. The molecule has 1 N–H and O–H groups in total. The Morgan fingerprint density at radius 2 is 2.11 bits per heavy atom. The predicted molar refractivity (Wildman–Crippen MR) is 65.5 cm³/mol. The van der Waals surface area contributed by atoms with E-state index in [1.54, 1.807) is 4.57 Å². The zero-order chi connectivity index (χ0) is 13.0. The van der Waals surface area contributed by atoms with Crippen LogP contribution in [0, 0.1) is 0 Å². The van der Waals surface area contributed by atoms with Gasteiger partial charge in [0.1, 0.15) is 5.82 Å². The number of carboxylic acids is 1. The van der Waals surface area contributed by atoms with Gasteiger partial charge in [0.25, 0.3) is 0 Å². The minimum absolute atomic E-state index is 0.0112. The number of hydrogen-bond donors (Lipinski definition) is 1. The van der Waals surface area contributed by atoms with Gasteiger partial charge in [0.05, 0.1) is 0 Å². The van der Waals surface area contributed by atoms with Gasteiger partial charge in [-0.05, 0) is 25.7 Å². The molecule has 1 aromatic heterocycles. The maximum absolute atomic E-state index is 12.0. The number of aryl methyl sites for hydroxylation is 2. The van der Waals surface area contributed by atoms with Crippen LogP contribution in [0.4, 0.5) is 0 Å². The number of nitrogens with zero attached hydrogens (tertiary/aromatic N) is 3. The van der Waals surface area contributed by atoms with Crippen molar-refractivity contribution in [2.75, 3.05) is 0 Å². The maximum Gasteiger partial charge on any atom is 0.345 e. The lowest BCUT2D eigenvalue weighted by molar-refractivity contribution is -0.137. The number of carboxylic acid groups (broad SMARTS) is 1. The molecular weight excluding hydrogens is 234 g/mol. The highest BCUT2D eigenvalue weighted by atomic mass is 16.4. The zero-order valence-corrected chi connectivity index (χ0v) is 10.5. The summed E-state index contributed by atoms with van der Waals surface area (Å²) in [7, 11) is 0. The molecule has 1 aliphatic rings. The van der Waals surface area contributed by atoms with Crippen LogP contribution in [0.1, 0.15) is 44.3 Å². The number of rotatable bonds is 6. The van der Waals surface area contributed by atoms with Crippen LogP contribution < -0.4 is 5.69 Å². The number of hydrogen-bond acceptors (Lipinski definition) is 3. The first kappa shape index (κ1) is 12.9. The summed E-state index contributed by atoms with van der Waals surface area (Å²) in [4.78, 5) is 22.3. The van der Waals surface area contributed by atoms with Gasteiger partial charge in [0.15, 0.2) is 0 Å². The van der Waals surface area contributed by atoms with Gasteiger partial charge >= 0.3 is 11.7 Å². The monoisotopic (exact) mass is 253 g/mol. The van der Waals surface area contributed by atoms with E-state index in [1.807, 2.05) is 0 Å². The highest BCUT2D eigenvalue weighted by molar-refractivity contribution is 5.66. The molecule has 2 heterocycles. The Labute approximate surface area is 105 Å². The Balaban J connectivity index is 1.84. The smallest absolute Gasteiger partial charge is 0.345 e. The number of unbranched alkanes of at least 4 members (excludes halogenated alkanes) is 2. The van der Waals surface area contributed by atoms with Gasteiger partial charge < -0.3 is 5.11 Å². The van der Waals surface area contributed by atoms with Crippen LogP contribution in [-0.2, 0) is 24.3 Å². The standard InChI is InChI=1S/C12H19N3O3/c16-11(17)7-2-1-4-9-15-12(18)14-8-5-3-6-10(14)13-15/h1-9H2,(H,16,17). The first-order valence-corrected chi connectivity index (χ1v) is 6.57. The molecule has 0 aromatic carbocycles. The molecular formula is C12H19N3O3. The summed E-state index contributed by atoms with van der Waals surface area (Å²) in [6.45, 7) is 1.38. The Morgan fingerprint density at radius 1 is 1.28 bits per heavy atom. The van der Waals surface area contributed by atoms with Crippen LogP contribution in [0.5, 0.6) is 0 Å². The van der Waals surface area contributed by atoms with Crippen LogP contribution in [0.2, 0.25) is 0 Å². The van der Waals surface area contributed by atoms with Crippen molar-refractivity contribution in [3.05, 3.63) is 16.3 Å². The lowest BCUT2D eigenvalue weighted by Crippen LogP contribution is -2.27. The summed E-state index contributed by atoms with van der Waals surface area (Å²) >= 11 is 0. The van der Waals surface area contributed by atoms with Crippen LogP contribution in [0.15, 0.2) is 4.79 Å².